The summed E-state index contributed by atoms with van der Waals surface area (Å²) in [7, 11) is 0. The topological polar surface area (TPSA) is 85.8 Å². The van der Waals surface area contributed by atoms with Crippen molar-refractivity contribution in [2.45, 2.75) is 26.3 Å². The van der Waals surface area contributed by atoms with Crippen LogP contribution in [0.15, 0.2) is 47.1 Å². The van der Waals surface area contributed by atoms with E-state index in [1.54, 1.807) is 10.9 Å². The summed E-state index contributed by atoms with van der Waals surface area (Å²) in [6, 6.07) is 11.0. The van der Waals surface area contributed by atoms with E-state index in [1.807, 2.05) is 50.2 Å². The minimum atomic E-state index is -0.311. The van der Waals surface area contributed by atoms with E-state index in [4.69, 9.17) is 4.52 Å². The molecule has 0 saturated heterocycles. The lowest BCUT2D eigenvalue weighted by atomic mass is 10.2. The van der Waals surface area contributed by atoms with E-state index in [0.29, 0.717) is 5.76 Å². The standard InChI is InChI=1S/C16H17N5O2/c1-3-12-9-15(23-19-12)11(2)17-16(22)14-10-21(20-18-14)13-7-5-4-6-8-13/h4-11H,3H2,1-2H3,(H,17,22)/t11-/m0/s1. The van der Waals surface area contributed by atoms with Crippen LogP contribution in [0.1, 0.15) is 41.8 Å². The second kappa shape index (κ2) is 6.43. The van der Waals surface area contributed by atoms with Crippen LogP contribution in [0.25, 0.3) is 5.69 Å². The van der Waals surface area contributed by atoms with Gasteiger partial charge in [0.05, 0.1) is 23.6 Å². The molecule has 1 atom stereocenters. The molecule has 0 aliphatic heterocycles. The number of hydrogen-bond acceptors (Lipinski definition) is 5. The maximum absolute atomic E-state index is 12.3. The number of amides is 1. The SMILES string of the molecule is CCc1cc([C@H](C)NC(=O)c2cn(-c3ccccc3)nn2)on1. The van der Waals surface area contributed by atoms with Gasteiger partial charge in [-0.1, -0.05) is 35.5 Å². The average Bonchev–Trinajstić information content (AvgIpc) is 3.25. The van der Waals surface area contributed by atoms with Crippen molar-refractivity contribution in [3.05, 3.63) is 59.7 Å². The van der Waals surface area contributed by atoms with Gasteiger partial charge in [0, 0.05) is 6.07 Å². The van der Waals surface area contributed by atoms with Crippen LogP contribution in [0.2, 0.25) is 0 Å². The number of aromatic nitrogens is 4. The van der Waals surface area contributed by atoms with E-state index in [-0.39, 0.29) is 17.6 Å². The quantitative estimate of drug-likeness (QED) is 0.781. The van der Waals surface area contributed by atoms with Crippen LogP contribution in [-0.2, 0) is 6.42 Å². The van der Waals surface area contributed by atoms with Crippen LogP contribution in [0.4, 0.5) is 0 Å². The van der Waals surface area contributed by atoms with Crippen molar-refractivity contribution in [3.8, 4) is 5.69 Å². The number of aryl methyl sites for hydroxylation is 1. The molecule has 0 saturated carbocycles. The van der Waals surface area contributed by atoms with Gasteiger partial charge < -0.3 is 9.84 Å². The number of nitrogens with one attached hydrogen (secondary N) is 1. The predicted octanol–water partition coefficient (Wildman–Crippen LogP) is 2.31. The van der Waals surface area contributed by atoms with Crippen LogP contribution in [0, 0.1) is 0 Å². The van der Waals surface area contributed by atoms with Gasteiger partial charge in [-0.25, -0.2) is 4.68 Å². The van der Waals surface area contributed by atoms with E-state index in [9.17, 15) is 4.79 Å². The Hall–Kier alpha value is -2.96. The maximum atomic E-state index is 12.3. The van der Waals surface area contributed by atoms with Crippen molar-refractivity contribution in [1.82, 2.24) is 25.5 Å². The van der Waals surface area contributed by atoms with Gasteiger partial charge in [0.25, 0.3) is 5.91 Å². The van der Waals surface area contributed by atoms with Gasteiger partial charge in [-0.05, 0) is 25.5 Å². The molecule has 118 valence electrons. The van der Waals surface area contributed by atoms with Gasteiger partial charge in [-0.2, -0.15) is 0 Å². The molecular formula is C16H17N5O2. The van der Waals surface area contributed by atoms with Crippen molar-refractivity contribution in [3.63, 3.8) is 0 Å². The van der Waals surface area contributed by atoms with Gasteiger partial charge in [0.2, 0.25) is 0 Å². The van der Waals surface area contributed by atoms with E-state index in [0.717, 1.165) is 17.8 Å². The molecule has 0 radical (unpaired) electrons. The lowest BCUT2D eigenvalue weighted by Crippen LogP contribution is -2.26. The maximum Gasteiger partial charge on any atom is 0.274 e. The highest BCUT2D eigenvalue weighted by Gasteiger charge is 2.18. The Balaban J connectivity index is 1.70. The zero-order chi connectivity index (χ0) is 16.2. The van der Waals surface area contributed by atoms with Crippen LogP contribution in [0.5, 0.6) is 0 Å². The number of nitrogens with zero attached hydrogens (tertiary/aromatic N) is 4. The first-order chi connectivity index (χ1) is 11.2. The van der Waals surface area contributed by atoms with Crippen molar-refractivity contribution in [2.24, 2.45) is 0 Å². The minimum absolute atomic E-state index is 0.246. The largest absolute Gasteiger partial charge is 0.359 e. The van der Waals surface area contributed by atoms with E-state index in [2.05, 4.69) is 20.8 Å². The zero-order valence-electron chi connectivity index (χ0n) is 12.9. The first-order valence-electron chi connectivity index (χ1n) is 7.41. The third kappa shape index (κ3) is 3.28. The van der Waals surface area contributed by atoms with E-state index in [1.165, 1.54) is 0 Å². The molecule has 0 bridgehead atoms. The van der Waals surface area contributed by atoms with Gasteiger partial charge in [0.1, 0.15) is 0 Å². The van der Waals surface area contributed by atoms with Crippen molar-refractivity contribution in [1.29, 1.82) is 0 Å². The van der Waals surface area contributed by atoms with Crippen molar-refractivity contribution in [2.75, 3.05) is 0 Å². The summed E-state index contributed by atoms with van der Waals surface area (Å²) in [4.78, 5) is 12.3. The molecule has 1 N–H and O–H groups in total. The number of rotatable bonds is 5. The van der Waals surface area contributed by atoms with E-state index < -0.39 is 0 Å². The molecule has 2 aromatic heterocycles. The lowest BCUT2D eigenvalue weighted by molar-refractivity contribution is 0.0928. The Labute approximate surface area is 133 Å². The summed E-state index contributed by atoms with van der Waals surface area (Å²) in [5.41, 5.74) is 1.95. The molecule has 2 heterocycles. The number of carbonyl (C=O) groups is 1. The molecule has 1 amide bonds. The van der Waals surface area contributed by atoms with Gasteiger partial charge in [0.15, 0.2) is 11.5 Å². The first-order valence-corrected chi connectivity index (χ1v) is 7.41. The second-order valence-electron chi connectivity index (χ2n) is 5.15. The molecule has 1 aromatic carbocycles. The molecule has 0 fully saturated rings. The molecule has 3 aromatic rings. The fourth-order valence-electron chi connectivity index (χ4n) is 2.12. The Kier molecular flexibility index (Phi) is 4.18. The fraction of sp³-hybridized carbons (Fsp3) is 0.250. The first kappa shape index (κ1) is 15.0. The molecule has 0 spiro atoms. The third-order valence-electron chi connectivity index (χ3n) is 3.46. The normalized spacial score (nSPS) is 12.1. The predicted molar refractivity (Wildman–Crippen MR) is 83.1 cm³/mol. The molecule has 7 heteroatoms. The number of para-hydroxylation sites is 1. The number of carbonyl (C=O) groups excluding carboxylic acids is 1. The highest BCUT2D eigenvalue weighted by atomic mass is 16.5. The summed E-state index contributed by atoms with van der Waals surface area (Å²) in [6.07, 6.45) is 2.38. The fourth-order valence-corrected chi connectivity index (χ4v) is 2.12. The Morgan fingerprint density at radius 3 is 2.83 bits per heavy atom. The number of benzene rings is 1. The van der Waals surface area contributed by atoms with Gasteiger partial charge >= 0.3 is 0 Å². The summed E-state index contributed by atoms with van der Waals surface area (Å²) >= 11 is 0. The van der Waals surface area contributed by atoms with Crippen molar-refractivity contribution >= 4 is 5.91 Å². The van der Waals surface area contributed by atoms with Crippen LogP contribution < -0.4 is 5.32 Å². The molecule has 23 heavy (non-hydrogen) atoms. The lowest BCUT2D eigenvalue weighted by Gasteiger charge is -2.08. The number of hydrogen-bond donors (Lipinski definition) is 1. The highest BCUT2D eigenvalue weighted by Crippen LogP contribution is 2.14. The minimum Gasteiger partial charge on any atom is -0.359 e. The van der Waals surface area contributed by atoms with Gasteiger partial charge in [-0.3, -0.25) is 4.79 Å². The molecule has 0 unspecified atom stereocenters. The summed E-state index contributed by atoms with van der Waals surface area (Å²) in [5, 5.41) is 14.6. The average molecular weight is 311 g/mol. The Morgan fingerprint density at radius 1 is 1.35 bits per heavy atom. The molecule has 3 rings (SSSR count). The monoisotopic (exact) mass is 311 g/mol. The molecule has 0 aliphatic carbocycles. The highest BCUT2D eigenvalue weighted by molar-refractivity contribution is 5.92. The third-order valence-corrected chi connectivity index (χ3v) is 3.46. The second-order valence-corrected chi connectivity index (χ2v) is 5.15. The molecular weight excluding hydrogens is 294 g/mol. The molecule has 7 nitrogen and oxygen atoms in total. The summed E-state index contributed by atoms with van der Waals surface area (Å²) < 4.78 is 6.78. The molecule has 0 aliphatic rings. The van der Waals surface area contributed by atoms with Crippen LogP contribution >= 0.6 is 0 Å². The summed E-state index contributed by atoms with van der Waals surface area (Å²) in [5.74, 6) is 0.305. The van der Waals surface area contributed by atoms with Gasteiger partial charge in [-0.15, -0.1) is 5.10 Å². The Morgan fingerprint density at radius 2 is 2.13 bits per heavy atom. The smallest absolute Gasteiger partial charge is 0.274 e. The van der Waals surface area contributed by atoms with Crippen LogP contribution in [-0.4, -0.2) is 26.1 Å². The summed E-state index contributed by atoms with van der Waals surface area (Å²) in [6.45, 7) is 3.83. The van der Waals surface area contributed by atoms with Crippen molar-refractivity contribution < 1.29 is 9.32 Å². The Bertz CT molecular complexity index is 794. The zero-order valence-corrected chi connectivity index (χ0v) is 12.9. The van der Waals surface area contributed by atoms with E-state index >= 15 is 0 Å². The van der Waals surface area contributed by atoms with Crippen LogP contribution in [0.3, 0.4) is 0 Å².